The van der Waals surface area contributed by atoms with Crippen LogP contribution in [0, 0.1) is 6.92 Å². The summed E-state index contributed by atoms with van der Waals surface area (Å²) in [4.78, 5) is 21.4. The number of nitrogens with zero attached hydrogens (tertiary/aromatic N) is 2. The summed E-state index contributed by atoms with van der Waals surface area (Å²) in [7, 11) is 1.77. The van der Waals surface area contributed by atoms with Gasteiger partial charge in [-0.2, -0.15) is 5.10 Å². The van der Waals surface area contributed by atoms with Crippen LogP contribution in [0.3, 0.4) is 0 Å². The number of amides is 1. The predicted molar refractivity (Wildman–Crippen MR) is 53.4 cm³/mol. The van der Waals surface area contributed by atoms with Crippen LogP contribution in [0.2, 0.25) is 0 Å². The summed E-state index contributed by atoms with van der Waals surface area (Å²) in [5, 5.41) is 14.9. The Kier molecular flexibility index (Phi) is 3.43. The number of anilines is 1. The SMILES string of the molecule is Cc1cc(NC(=O)CCC(=O)O)nn1C. The lowest BCUT2D eigenvalue weighted by atomic mass is 10.3. The fourth-order valence-corrected chi connectivity index (χ4v) is 1.05. The van der Waals surface area contributed by atoms with Gasteiger partial charge in [-0.3, -0.25) is 14.3 Å². The first-order chi connectivity index (χ1) is 6.99. The van der Waals surface area contributed by atoms with Crippen molar-refractivity contribution in [2.75, 3.05) is 5.32 Å². The van der Waals surface area contributed by atoms with E-state index in [1.807, 2.05) is 6.92 Å². The van der Waals surface area contributed by atoms with Gasteiger partial charge in [-0.05, 0) is 6.92 Å². The molecule has 0 spiro atoms. The van der Waals surface area contributed by atoms with Crippen LogP contribution < -0.4 is 5.32 Å². The number of rotatable bonds is 4. The lowest BCUT2D eigenvalue weighted by Crippen LogP contribution is -2.13. The molecule has 0 aliphatic heterocycles. The van der Waals surface area contributed by atoms with Gasteiger partial charge in [-0.25, -0.2) is 0 Å². The van der Waals surface area contributed by atoms with E-state index in [1.165, 1.54) is 0 Å². The monoisotopic (exact) mass is 211 g/mol. The molecule has 6 nitrogen and oxygen atoms in total. The number of carbonyl (C=O) groups is 2. The second kappa shape index (κ2) is 4.59. The van der Waals surface area contributed by atoms with Crippen LogP contribution in [0.1, 0.15) is 18.5 Å². The third-order valence-electron chi connectivity index (χ3n) is 1.95. The summed E-state index contributed by atoms with van der Waals surface area (Å²) in [5.74, 6) is -0.872. The van der Waals surface area contributed by atoms with Crippen molar-refractivity contribution in [2.45, 2.75) is 19.8 Å². The molecule has 0 atom stereocenters. The van der Waals surface area contributed by atoms with Crippen LogP contribution in [0.4, 0.5) is 5.82 Å². The van der Waals surface area contributed by atoms with Crippen molar-refractivity contribution in [2.24, 2.45) is 7.05 Å². The van der Waals surface area contributed by atoms with Crippen molar-refractivity contribution < 1.29 is 14.7 Å². The molecule has 0 aliphatic rings. The molecule has 15 heavy (non-hydrogen) atoms. The highest BCUT2D eigenvalue weighted by atomic mass is 16.4. The van der Waals surface area contributed by atoms with Gasteiger partial charge in [0, 0.05) is 25.2 Å². The Balaban J connectivity index is 2.48. The van der Waals surface area contributed by atoms with Gasteiger partial charge in [-0.1, -0.05) is 0 Å². The molecule has 1 amide bonds. The number of aryl methyl sites for hydroxylation is 2. The van der Waals surface area contributed by atoms with E-state index >= 15 is 0 Å². The zero-order valence-electron chi connectivity index (χ0n) is 8.65. The Morgan fingerprint density at radius 3 is 2.67 bits per heavy atom. The average molecular weight is 211 g/mol. The lowest BCUT2D eigenvalue weighted by molar-refractivity contribution is -0.138. The van der Waals surface area contributed by atoms with Crippen molar-refractivity contribution >= 4 is 17.7 Å². The minimum absolute atomic E-state index is 0.0368. The smallest absolute Gasteiger partial charge is 0.303 e. The second-order valence-electron chi connectivity index (χ2n) is 3.24. The molecule has 2 N–H and O–H groups in total. The number of nitrogens with one attached hydrogen (secondary N) is 1. The molecule has 82 valence electrons. The third-order valence-corrected chi connectivity index (χ3v) is 1.95. The largest absolute Gasteiger partial charge is 0.481 e. The molecule has 1 heterocycles. The lowest BCUT2D eigenvalue weighted by Gasteiger charge is -1.98. The van der Waals surface area contributed by atoms with E-state index in [0.29, 0.717) is 5.82 Å². The highest BCUT2D eigenvalue weighted by Crippen LogP contribution is 2.07. The molecule has 0 fully saturated rings. The topological polar surface area (TPSA) is 84.2 Å². The maximum atomic E-state index is 11.2. The Morgan fingerprint density at radius 1 is 1.53 bits per heavy atom. The van der Waals surface area contributed by atoms with Crippen LogP contribution in [-0.4, -0.2) is 26.8 Å². The molecular weight excluding hydrogens is 198 g/mol. The fourth-order valence-electron chi connectivity index (χ4n) is 1.05. The zero-order chi connectivity index (χ0) is 11.4. The van der Waals surface area contributed by atoms with Crippen LogP contribution in [-0.2, 0) is 16.6 Å². The van der Waals surface area contributed by atoms with Crippen LogP contribution in [0.25, 0.3) is 0 Å². The van der Waals surface area contributed by atoms with Crippen molar-refractivity contribution in [3.05, 3.63) is 11.8 Å². The third kappa shape index (κ3) is 3.41. The van der Waals surface area contributed by atoms with Crippen LogP contribution >= 0.6 is 0 Å². The second-order valence-corrected chi connectivity index (χ2v) is 3.24. The summed E-state index contributed by atoms with van der Waals surface area (Å²) in [5.41, 5.74) is 0.920. The van der Waals surface area contributed by atoms with Gasteiger partial charge >= 0.3 is 5.97 Å². The fraction of sp³-hybridized carbons (Fsp3) is 0.444. The molecule has 1 rings (SSSR count). The predicted octanol–water partition coefficient (Wildman–Crippen LogP) is 0.532. The van der Waals surface area contributed by atoms with E-state index in [9.17, 15) is 9.59 Å². The van der Waals surface area contributed by atoms with E-state index in [2.05, 4.69) is 10.4 Å². The molecule has 1 aromatic rings. The molecule has 0 aliphatic carbocycles. The Hall–Kier alpha value is -1.85. The normalized spacial score (nSPS) is 10.0. The van der Waals surface area contributed by atoms with Crippen LogP contribution in [0.5, 0.6) is 0 Å². The first-order valence-corrected chi connectivity index (χ1v) is 4.51. The molecule has 0 bridgehead atoms. The first-order valence-electron chi connectivity index (χ1n) is 4.51. The van der Waals surface area contributed by atoms with Gasteiger partial charge in [0.15, 0.2) is 5.82 Å². The number of carboxylic acid groups (broad SMARTS) is 1. The van der Waals surface area contributed by atoms with Crippen LogP contribution in [0.15, 0.2) is 6.07 Å². The molecule has 1 aromatic heterocycles. The molecule has 0 saturated carbocycles. The van der Waals surface area contributed by atoms with Crippen molar-refractivity contribution in [1.29, 1.82) is 0 Å². The zero-order valence-corrected chi connectivity index (χ0v) is 8.65. The molecular formula is C9H13N3O3. The summed E-state index contributed by atoms with van der Waals surface area (Å²) >= 11 is 0. The number of aromatic nitrogens is 2. The van der Waals surface area contributed by atoms with Crippen molar-refractivity contribution in [1.82, 2.24) is 9.78 Å². The highest BCUT2D eigenvalue weighted by Gasteiger charge is 2.08. The minimum atomic E-state index is -0.984. The summed E-state index contributed by atoms with van der Waals surface area (Å²) in [6, 6.07) is 1.72. The van der Waals surface area contributed by atoms with E-state index in [0.717, 1.165) is 5.69 Å². The number of hydrogen-bond donors (Lipinski definition) is 2. The van der Waals surface area contributed by atoms with Gasteiger partial charge < -0.3 is 10.4 Å². The van der Waals surface area contributed by atoms with Gasteiger partial charge in [0.1, 0.15) is 0 Å². The van der Waals surface area contributed by atoms with Gasteiger partial charge in [0.25, 0.3) is 0 Å². The Morgan fingerprint density at radius 2 is 2.20 bits per heavy atom. The first kappa shape index (κ1) is 11.2. The maximum Gasteiger partial charge on any atom is 0.303 e. The van der Waals surface area contributed by atoms with Crippen molar-refractivity contribution in [3.63, 3.8) is 0 Å². The summed E-state index contributed by atoms with van der Waals surface area (Å²) in [6.45, 7) is 1.86. The number of hydrogen-bond acceptors (Lipinski definition) is 3. The van der Waals surface area contributed by atoms with E-state index < -0.39 is 5.97 Å². The summed E-state index contributed by atoms with van der Waals surface area (Å²) < 4.78 is 1.63. The number of carboxylic acids is 1. The van der Waals surface area contributed by atoms with E-state index in [-0.39, 0.29) is 18.7 Å². The van der Waals surface area contributed by atoms with Gasteiger partial charge in [-0.15, -0.1) is 0 Å². The Bertz CT molecular complexity index is 364. The molecule has 0 radical (unpaired) electrons. The Labute approximate surface area is 86.9 Å². The number of carbonyl (C=O) groups excluding carboxylic acids is 1. The van der Waals surface area contributed by atoms with E-state index in [1.54, 1.807) is 17.8 Å². The van der Waals surface area contributed by atoms with Gasteiger partial charge in [0.05, 0.1) is 6.42 Å². The molecule has 6 heteroatoms. The van der Waals surface area contributed by atoms with Crippen molar-refractivity contribution in [3.8, 4) is 0 Å². The standard InChI is InChI=1S/C9H13N3O3/c1-6-5-7(11-12(6)2)10-8(13)3-4-9(14)15/h5H,3-4H2,1-2H3,(H,14,15)(H,10,11,13). The minimum Gasteiger partial charge on any atom is -0.481 e. The van der Waals surface area contributed by atoms with E-state index in [4.69, 9.17) is 5.11 Å². The maximum absolute atomic E-state index is 11.2. The quantitative estimate of drug-likeness (QED) is 0.760. The summed E-state index contributed by atoms with van der Waals surface area (Å²) in [6.07, 6.45) is -0.206. The molecule has 0 saturated heterocycles. The molecule has 0 aromatic carbocycles. The number of aliphatic carboxylic acids is 1. The average Bonchev–Trinajstić information content (AvgIpc) is 2.42. The highest BCUT2D eigenvalue weighted by molar-refractivity contribution is 5.91. The van der Waals surface area contributed by atoms with Gasteiger partial charge in [0.2, 0.25) is 5.91 Å². The molecule has 0 unspecified atom stereocenters.